The molecule has 0 spiro atoms. The molecule has 122 valence electrons. The van der Waals surface area contributed by atoms with Gasteiger partial charge in [0, 0.05) is 21.1 Å². The van der Waals surface area contributed by atoms with Crippen LogP contribution in [-0.2, 0) is 10.4 Å². The standard InChI is InChI=1S/C19H24N2O2/c1-19(23,15-10-6-5-7-11-15)14-18(22)21(4)17-13-9-8-12-16(17)20(2)3/h5-13,23H,14H2,1-4H3. The van der Waals surface area contributed by atoms with Gasteiger partial charge in [0.2, 0.25) is 5.91 Å². The summed E-state index contributed by atoms with van der Waals surface area (Å²) in [4.78, 5) is 16.2. The van der Waals surface area contributed by atoms with Gasteiger partial charge in [0.1, 0.15) is 0 Å². The van der Waals surface area contributed by atoms with E-state index in [1.165, 1.54) is 0 Å². The molecule has 2 aromatic carbocycles. The quantitative estimate of drug-likeness (QED) is 0.923. The second-order valence-electron chi connectivity index (χ2n) is 6.15. The van der Waals surface area contributed by atoms with Gasteiger partial charge in [0.05, 0.1) is 23.4 Å². The average molecular weight is 312 g/mol. The van der Waals surface area contributed by atoms with E-state index < -0.39 is 5.60 Å². The molecule has 4 nitrogen and oxygen atoms in total. The highest BCUT2D eigenvalue weighted by Gasteiger charge is 2.29. The molecule has 0 heterocycles. The Labute approximate surface area is 138 Å². The first-order valence-electron chi connectivity index (χ1n) is 7.64. The third-order valence-electron chi connectivity index (χ3n) is 3.99. The molecule has 1 amide bonds. The zero-order valence-electron chi connectivity index (χ0n) is 14.2. The first-order chi connectivity index (χ1) is 10.8. The second kappa shape index (κ2) is 6.84. The molecule has 1 atom stereocenters. The third kappa shape index (κ3) is 3.90. The first-order valence-corrected chi connectivity index (χ1v) is 7.64. The van der Waals surface area contributed by atoms with Gasteiger partial charge in [-0.05, 0) is 24.6 Å². The van der Waals surface area contributed by atoms with Crippen LogP contribution < -0.4 is 9.80 Å². The number of carbonyl (C=O) groups is 1. The van der Waals surface area contributed by atoms with Crippen LogP contribution in [0.5, 0.6) is 0 Å². The fourth-order valence-corrected chi connectivity index (χ4v) is 2.57. The van der Waals surface area contributed by atoms with Gasteiger partial charge in [-0.25, -0.2) is 0 Å². The van der Waals surface area contributed by atoms with E-state index >= 15 is 0 Å². The molecule has 0 aromatic heterocycles. The lowest BCUT2D eigenvalue weighted by atomic mass is 9.92. The van der Waals surface area contributed by atoms with E-state index in [2.05, 4.69) is 0 Å². The molecule has 0 radical (unpaired) electrons. The number of hydrogen-bond donors (Lipinski definition) is 1. The summed E-state index contributed by atoms with van der Waals surface area (Å²) in [5.41, 5.74) is 1.33. The maximum Gasteiger partial charge on any atom is 0.230 e. The highest BCUT2D eigenvalue weighted by molar-refractivity contribution is 5.96. The molecule has 0 saturated heterocycles. The van der Waals surface area contributed by atoms with Crippen LogP contribution in [0.4, 0.5) is 11.4 Å². The molecule has 0 saturated carbocycles. The Hall–Kier alpha value is -2.33. The summed E-state index contributed by atoms with van der Waals surface area (Å²) in [5, 5.41) is 10.7. The molecule has 0 aliphatic heterocycles. The summed E-state index contributed by atoms with van der Waals surface area (Å²) in [6, 6.07) is 17.0. The van der Waals surface area contributed by atoms with Gasteiger partial charge in [-0.15, -0.1) is 0 Å². The molecule has 2 aromatic rings. The van der Waals surface area contributed by atoms with Gasteiger partial charge in [0.15, 0.2) is 0 Å². The molecule has 2 rings (SSSR count). The predicted octanol–water partition coefficient (Wildman–Crippen LogP) is 3.01. The summed E-state index contributed by atoms with van der Waals surface area (Å²) in [5.74, 6) is -0.131. The van der Waals surface area contributed by atoms with Crippen molar-refractivity contribution < 1.29 is 9.90 Å². The van der Waals surface area contributed by atoms with Crippen LogP contribution in [0.15, 0.2) is 54.6 Å². The minimum atomic E-state index is -1.19. The number of anilines is 2. The Balaban J connectivity index is 2.21. The van der Waals surface area contributed by atoms with Crippen LogP contribution >= 0.6 is 0 Å². The van der Waals surface area contributed by atoms with Gasteiger partial charge in [-0.2, -0.15) is 0 Å². The van der Waals surface area contributed by atoms with Crippen molar-refractivity contribution in [3.63, 3.8) is 0 Å². The van der Waals surface area contributed by atoms with Crippen molar-refractivity contribution >= 4 is 17.3 Å². The Morgan fingerprint density at radius 2 is 1.48 bits per heavy atom. The van der Waals surface area contributed by atoms with E-state index in [0.717, 1.165) is 16.9 Å². The van der Waals surface area contributed by atoms with Crippen molar-refractivity contribution in [3.8, 4) is 0 Å². The van der Waals surface area contributed by atoms with Gasteiger partial charge < -0.3 is 14.9 Å². The van der Waals surface area contributed by atoms with Crippen LogP contribution in [0.25, 0.3) is 0 Å². The van der Waals surface area contributed by atoms with E-state index in [9.17, 15) is 9.90 Å². The third-order valence-corrected chi connectivity index (χ3v) is 3.99. The number of amides is 1. The smallest absolute Gasteiger partial charge is 0.230 e. The highest BCUT2D eigenvalue weighted by atomic mass is 16.3. The van der Waals surface area contributed by atoms with Gasteiger partial charge >= 0.3 is 0 Å². The van der Waals surface area contributed by atoms with Crippen molar-refractivity contribution in [3.05, 3.63) is 60.2 Å². The minimum Gasteiger partial charge on any atom is -0.385 e. The first kappa shape index (κ1) is 17.0. The van der Waals surface area contributed by atoms with E-state index in [0.29, 0.717) is 0 Å². The molecule has 23 heavy (non-hydrogen) atoms. The average Bonchev–Trinajstić information content (AvgIpc) is 2.54. The molecule has 4 heteroatoms. The predicted molar refractivity (Wildman–Crippen MR) is 94.8 cm³/mol. The molecule has 0 fully saturated rings. The zero-order chi connectivity index (χ0) is 17.0. The number of para-hydroxylation sites is 2. The maximum atomic E-state index is 12.7. The largest absolute Gasteiger partial charge is 0.385 e. The molecule has 0 aliphatic carbocycles. The number of carbonyl (C=O) groups excluding carboxylic acids is 1. The van der Waals surface area contributed by atoms with Crippen molar-refractivity contribution in [1.82, 2.24) is 0 Å². The minimum absolute atomic E-state index is 0.0231. The summed E-state index contributed by atoms with van der Waals surface area (Å²) >= 11 is 0. The highest BCUT2D eigenvalue weighted by Crippen LogP contribution is 2.30. The van der Waals surface area contributed by atoms with Crippen molar-refractivity contribution in [2.75, 3.05) is 30.9 Å². The Morgan fingerprint density at radius 1 is 0.957 bits per heavy atom. The fourth-order valence-electron chi connectivity index (χ4n) is 2.57. The lowest BCUT2D eigenvalue weighted by molar-refractivity contribution is -0.123. The van der Waals surface area contributed by atoms with E-state index in [4.69, 9.17) is 0 Å². The fraction of sp³-hybridized carbons (Fsp3) is 0.316. The summed E-state index contributed by atoms with van der Waals surface area (Å²) < 4.78 is 0. The van der Waals surface area contributed by atoms with Crippen LogP contribution in [-0.4, -0.2) is 32.2 Å². The topological polar surface area (TPSA) is 43.8 Å². The van der Waals surface area contributed by atoms with Gasteiger partial charge in [-0.1, -0.05) is 42.5 Å². The van der Waals surface area contributed by atoms with E-state index in [1.54, 1.807) is 18.9 Å². The number of hydrogen-bond acceptors (Lipinski definition) is 3. The zero-order valence-corrected chi connectivity index (χ0v) is 14.2. The Kier molecular flexibility index (Phi) is 5.06. The lowest BCUT2D eigenvalue weighted by Gasteiger charge is -2.28. The molecular formula is C19H24N2O2. The van der Waals surface area contributed by atoms with E-state index in [-0.39, 0.29) is 12.3 Å². The summed E-state index contributed by atoms with van der Waals surface area (Å²) in [6.45, 7) is 1.67. The molecule has 0 aliphatic rings. The summed E-state index contributed by atoms with van der Waals surface area (Å²) in [7, 11) is 5.63. The monoisotopic (exact) mass is 312 g/mol. The van der Waals surface area contributed by atoms with Crippen LogP contribution in [0.1, 0.15) is 18.9 Å². The van der Waals surface area contributed by atoms with Gasteiger partial charge in [-0.3, -0.25) is 4.79 Å². The second-order valence-corrected chi connectivity index (χ2v) is 6.15. The van der Waals surface area contributed by atoms with Gasteiger partial charge in [0.25, 0.3) is 0 Å². The van der Waals surface area contributed by atoms with E-state index in [1.807, 2.05) is 73.6 Å². The number of rotatable bonds is 5. The van der Waals surface area contributed by atoms with Crippen molar-refractivity contribution in [2.45, 2.75) is 18.9 Å². The molecular weight excluding hydrogens is 288 g/mol. The molecule has 1 unspecified atom stereocenters. The SMILES string of the molecule is CN(C)c1ccccc1N(C)C(=O)CC(C)(O)c1ccccc1. The van der Waals surface area contributed by atoms with Crippen molar-refractivity contribution in [2.24, 2.45) is 0 Å². The molecule has 1 N–H and O–H groups in total. The number of aliphatic hydroxyl groups is 1. The van der Waals surface area contributed by atoms with Crippen LogP contribution in [0.3, 0.4) is 0 Å². The number of benzene rings is 2. The van der Waals surface area contributed by atoms with Crippen LogP contribution in [0.2, 0.25) is 0 Å². The number of nitrogens with zero attached hydrogens (tertiary/aromatic N) is 2. The normalized spacial score (nSPS) is 13.3. The Morgan fingerprint density at radius 3 is 2.04 bits per heavy atom. The van der Waals surface area contributed by atoms with Crippen molar-refractivity contribution in [1.29, 1.82) is 0 Å². The molecule has 0 bridgehead atoms. The lowest BCUT2D eigenvalue weighted by Crippen LogP contribution is -2.35. The van der Waals surface area contributed by atoms with Crippen LogP contribution in [0, 0.1) is 0 Å². The maximum absolute atomic E-state index is 12.7. The summed E-state index contributed by atoms with van der Waals surface area (Å²) in [6.07, 6.45) is 0.0231. The Bertz CT molecular complexity index is 666.